The van der Waals surface area contributed by atoms with Gasteiger partial charge in [-0.15, -0.1) is 0 Å². The Labute approximate surface area is 199 Å². The average Bonchev–Trinajstić information content (AvgIpc) is 3.31. The lowest BCUT2D eigenvalue weighted by atomic mass is 9.84. The van der Waals surface area contributed by atoms with E-state index in [4.69, 9.17) is 18.7 Å². The second-order valence-electron chi connectivity index (χ2n) is 8.36. The fourth-order valence-corrected chi connectivity index (χ4v) is 4.07. The number of ether oxygens (including phenoxy) is 3. The molecular formula is C26H31N3O5. The van der Waals surface area contributed by atoms with Crippen LogP contribution in [0, 0.1) is 5.92 Å². The number of nitrogens with zero attached hydrogens (tertiary/aromatic N) is 3. The molecular weight excluding hydrogens is 434 g/mol. The molecule has 0 bridgehead atoms. The van der Waals surface area contributed by atoms with Gasteiger partial charge in [-0.2, -0.15) is 4.98 Å². The van der Waals surface area contributed by atoms with E-state index in [9.17, 15) is 4.79 Å². The van der Waals surface area contributed by atoms with Crippen molar-refractivity contribution < 1.29 is 23.5 Å². The monoisotopic (exact) mass is 465 g/mol. The Morgan fingerprint density at radius 1 is 1.00 bits per heavy atom. The van der Waals surface area contributed by atoms with E-state index in [2.05, 4.69) is 22.3 Å². The number of hydrogen-bond donors (Lipinski definition) is 0. The first kappa shape index (κ1) is 23.6. The van der Waals surface area contributed by atoms with Gasteiger partial charge >= 0.3 is 0 Å². The molecule has 1 amide bonds. The number of carbonyl (C=O) groups excluding carboxylic acids is 1. The van der Waals surface area contributed by atoms with E-state index >= 15 is 0 Å². The third-order valence-electron chi connectivity index (χ3n) is 6.27. The van der Waals surface area contributed by atoms with Crippen LogP contribution in [0.1, 0.15) is 30.7 Å². The zero-order valence-electron chi connectivity index (χ0n) is 20.0. The van der Waals surface area contributed by atoms with Crippen LogP contribution in [0.2, 0.25) is 0 Å². The molecule has 8 heteroatoms. The lowest BCUT2D eigenvalue weighted by Crippen LogP contribution is -2.41. The van der Waals surface area contributed by atoms with Crippen molar-refractivity contribution in [3.63, 3.8) is 0 Å². The van der Waals surface area contributed by atoms with Crippen LogP contribution in [-0.4, -0.2) is 55.4 Å². The SMILES string of the molecule is COc1cc(-c2noc(CCN(CCc3ccccc3)C(=O)C3CCC3)n2)cc(OC)c1OC. The van der Waals surface area contributed by atoms with Crippen molar-refractivity contribution in [3.8, 4) is 28.6 Å². The van der Waals surface area contributed by atoms with Crippen LogP contribution in [-0.2, 0) is 17.6 Å². The highest BCUT2D eigenvalue weighted by Crippen LogP contribution is 2.40. The molecule has 34 heavy (non-hydrogen) atoms. The summed E-state index contributed by atoms with van der Waals surface area (Å²) in [6.07, 6.45) is 4.40. The van der Waals surface area contributed by atoms with E-state index < -0.39 is 0 Å². The Morgan fingerprint density at radius 2 is 1.68 bits per heavy atom. The predicted molar refractivity (Wildman–Crippen MR) is 127 cm³/mol. The minimum atomic E-state index is 0.147. The number of rotatable bonds is 11. The summed E-state index contributed by atoms with van der Waals surface area (Å²) >= 11 is 0. The van der Waals surface area contributed by atoms with E-state index in [1.807, 2.05) is 23.1 Å². The van der Waals surface area contributed by atoms with Gasteiger partial charge in [0.25, 0.3) is 0 Å². The summed E-state index contributed by atoms with van der Waals surface area (Å²) in [5.41, 5.74) is 1.91. The molecule has 1 aromatic heterocycles. The predicted octanol–water partition coefficient (Wildman–Crippen LogP) is 4.18. The lowest BCUT2D eigenvalue weighted by Gasteiger charge is -2.31. The minimum Gasteiger partial charge on any atom is -0.493 e. The number of methoxy groups -OCH3 is 3. The van der Waals surface area contributed by atoms with Crippen LogP contribution in [0.15, 0.2) is 47.0 Å². The zero-order valence-corrected chi connectivity index (χ0v) is 20.0. The van der Waals surface area contributed by atoms with Gasteiger partial charge in [-0.05, 0) is 37.0 Å². The van der Waals surface area contributed by atoms with Gasteiger partial charge in [-0.3, -0.25) is 4.79 Å². The third kappa shape index (κ3) is 5.32. The van der Waals surface area contributed by atoms with Gasteiger partial charge in [-0.1, -0.05) is 41.9 Å². The van der Waals surface area contributed by atoms with E-state index in [-0.39, 0.29) is 11.8 Å². The molecule has 1 aliphatic rings. The molecule has 0 radical (unpaired) electrons. The minimum absolute atomic E-state index is 0.147. The van der Waals surface area contributed by atoms with Crippen molar-refractivity contribution >= 4 is 5.91 Å². The normalized spacial score (nSPS) is 13.3. The standard InChI is InChI=1S/C26H31N3O5/c1-31-21-16-20(17-22(32-2)24(21)33-3)25-27-23(34-28-25)13-15-29(26(30)19-10-7-11-19)14-12-18-8-5-4-6-9-18/h4-6,8-9,16-17,19H,7,10-15H2,1-3H3. The van der Waals surface area contributed by atoms with Gasteiger partial charge < -0.3 is 23.6 Å². The number of amides is 1. The maximum absolute atomic E-state index is 13.0. The summed E-state index contributed by atoms with van der Waals surface area (Å²) in [6, 6.07) is 13.8. The summed E-state index contributed by atoms with van der Waals surface area (Å²) in [7, 11) is 4.68. The first-order chi connectivity index (χ1) is 16.6. The van der Waals surface area contributed by atoms with Crippen LogP contribution < -0.4 is 14.2 Å². The van der Waals surface area contributed by atoms with Gasteiger partial charge in [0.05, 0.1) is 21.3 Å². The molecule has 2 aromatic carbocycles. The summed E-state index contributed by atoms with van der Waals surface area (Å²) in [5.74, 6) is 2.81. The molecule has 0 atom stereocenters. The Balaban J connectivity index is 1.45. The topological polar surface area (TPSA) is 86.9 Å². The number of carbonyl (C=O) groups is 1. The van der Waals surface area contributed by atoms with Gasteiger partial charge in [0.1, 0.15) is 0 Å². The highest BCUT2D eigenvalue weighted by molar-refractivity contribution is 5.79. The van der Waals surface area contributed by atoms with Crippen LogP contribution in [0.4, 0.5) is 0 Å². The van der Waals surface area contributed by atoms with Crippen LogP contribution >= 0.6 is 0 Å². The molecule has 1 saturated carbocycles. The average molecular weight is 466 g/mol. The molecule has 8 nitrogen and oxygen atoms in total. The maximum atomic E-state index is 13.0. The second kappa shape index (κ2) is 11.0. The maximum Gasteiger partial charge on any atom is 0.228 e. The van der Waals surface area contributed by atoms with Crippen LogP contribution in [0.3, 0.4) is 0 Å². The highest BCUT2D eigenvalue weighted by atomic mass is 16.5. The summed E-state index contributed by atoms with van der Waals surface area (Å²) in [5, 5.41) is 4.13. The van der Waals surface area contributed by atoms with E-state index in [1.165, 1.54) is 5.56 Å². The van der Waals surface area contributed by atoms with Crippen LogP contribution in [0.5, 0.6) is 17.2 Å². The third-order valence-corrected chi connectivity index (χ3v) is 6.27. The van der Waals surface area contributed by atoms with Crippen molar-refractivity contribution in [1.82, 2.24) is 15.0 Å². The molecule has 1 fully saturated rings. The van der Waals surface area contributed by atoms with E-state index in [1.54, 1.807) is 33.5 Å². The molecule has 1 aliphatic carbocycles. The highest BCUT2D eigenvalue weighted by Gasteiger charge is 2.29. The fraction of sp³-hybridized carbons (Fsp3) is 0.423. The number of aromatic nitrogens is 2. The summed E-state index contributed by atoms with van der Waals surface area (Å²) in [6.45, 7) is 1.21. The van der Waals surface area contributed by atoms with E-state index in [0.717, 1.165) is 25.7 Å². The first-order valence-electron chi connectivity index (χ1n) is 11.6. The summed E-state index contributed by atoms with van der Waals surface area (Å²) < 4.78 is 21.7. The van der Waals surface area contributed by atoms with Gasteiger partial charge in [0.15, 0.2) is 11.5 Å². The molecule has 0 saturated heterocycles. The van der Waals surface area contributed by atoms with E-state index in [0.29, 0.717) is 54.0 Å². The van der Waals surface area contributed by atoms with Crippen molar-refractivity contribution in [3.05, 3.63) is 53.9 Å². The summed E-state index contributed by atoms with van der Waals surface area (Å²) in [4.78, 5) is 19.5. The Bertz CT molecular complexity index is 1070. The molecule has 0 spiro atoms. The van der Waals surface area contributed by atoms with Gasteiger partial charge in [0.2, 0.25) is 23.4 Å². The Morgan fingerprint density at radius 3 is 2.26 bits per heavy atom. The fourth-order valence-electron chi connectivity index (χ4n) is 4.07. The smallest absolute Gasteiger partial charge is 0.228 e. The largest absolute Gasteiger partial charge is 0.493 e. The van der Waals surface area contributed by atoms with Gasteiger partial charge in [0, 0.05) is 31.0 Å². The Kier molecular flexibility index (Phi) is 7.67. The molecule has 0 N–H and O–H groups in total. The molecule has 0 unspecified atom stereocenters. The van der Waals surface area contributed by atoms with Crippen molar-refractivity contribution in [2.75, 3.05) is 34.4 Å². The molecule has 3 aromatic rings. The molecule has 1 heterocycles. The second-order valence-corrected chi connectivity index (χ2v) is 8.36. The quantitative estimate of drug-likeness (QED) is 0.420. The number of hydrogen-bond acceptors (Lipinski definition) is 7. The van der Waals surface area contributed by atoms with Crippen molar-refractivity contribution in [2.45, 2.75) is 32.1 Å². The van der Waals surface area contributed by atoms with Crippen molar-refractivity contribution in [1.29, 1.82) is 0 Å². The zero-order chi connectivity index (χ0) is 23.9. The first-order valence-corrected chi connectivity index (χ1v) is 11.6. The Hall–Kier alpha value is -3.55. The number of benzene rings is 2. The van der Waals surface area contributed by atoms with Gasteiger partial charge in [-0.25, -0.2) is 0 Å². The van der Waals surface area contributed by atoms with Crippen molar-refractivity contribution in [2.24, 2.45) is 5.92 Å². The lowest BCUT2D eigenvalue weighted by molar-refractivity contribution is -0.138. The molecule has 4 rings (SSSR count). The molecule has 0 aliphatic heterocycles. The van der Waals surface area contributed by atoms with Crippen LogP contribution in [0.25, 0.3) is 11.4 Å². The molecule has 180 valence electrons.